The van der Waals surface area contributed by atoms with Crippen molar-refractivity contribution in [1.82, 2.24) is 0 Å². The summed E-state index contributed by atoms with van der Waals surface area (Å²) in [6.45, 7) is 8.38. The maximum atomic E-state index is 4.19. The lowest BCUT2D eigenvalue weighted by molar-refractivity contribution is 1.50. The maximum absolute atomic E-state index is 4.19. The third-order valence-electron chi connectivity index (χ3n) is 8.42. The summed E-state index contributed by atoms with van der Waals surface area (Å²) >= 11 is 0. The van der Waals surface area contributed by atoms with E-state index in [2.05, 4.69) is 171 Å². The second-order valence-electron chi connectivity index (χ2n) is 10.9. The van der Waals surface area contributed by atoms with Gasteiger partial charge in [-0.05, 0) is 88.6 Å². The van der Waals surface area contributed by atoms with Crippen molar-refractivity contribution in [2.75, 3.05) is 0 Å². The fraction of sp³-hybridized carbons (Fsp3) is 0. The van der Waals surface area contributed by atoms with E-state index in [0.717, 1.165) is 11.1 Å². The van der Waals surface area contributed by atoms with Gasteiger partial charge in [0.15, 0.2) is 0 Å². The smallest absolute Gasteiger partial charge is 0.00141 e. The fourth-order valence-electron chi connectivity index (χ4n) is 6.48. The van der Waals surface area contributed by atoms with E-state index in [-0.39, 0.29) is 0 Å². The molecular weight excluding hydrogens is 528 g/mol. The highest BCUT2D eigenvalue weighted by molar-refractivity contribution is 6.07. The molecule has 0 aliphatic carbocycles. The van der Waals surface area contributed by atoms with Crippen LogP contribution in [0.4, 0.5) is 0 Å². The number of hydrogen-bond acceptors (Lipinski definition) is 0. The Morgan fingerprint density at radius 2 is 0.614 bits per heavy atom. The van der Waals surface area contributed by atoms with Gasteiger partial charge in [-0.3, -0.25) is 0 Å². The Bertz CT molecular complexity index is 2010. The molecule has 0 aliphatic heterocycles. The molecule has 0 radical (unpaired) electrons. The van der Waals surface area contributed by atoms with Gasteiger partial charge < -0.3 is 0 Å². The van der Waals surface area contributed by atoms with E-state index in [4.69, 9.17) is 0 Å². The predicted octanol–water partition coefficient (Wildman–Crippen LogP) is 9.77. The van der Waals surface area contributed by atoms with Crippen LogP contribution in [-0.2, 0) is 0 Å². The predicted molar refractivity (Wildman–Crippen MR) is 190 cm³/mol. The lowest BCUT2D eigenvalue weighted by Crippen LogP contribution is -2.21. The van der Waals surface area contributed by atoms with Gasteiger partial charge >= 0.3 is 0 Å². The summed E-state index contributed by atoms with van der Waals surface area (Å²) < 4.78 is 0. The molecule has 0 aromatic heterocycles. The topological polar surface area (TPSA) is 0 Å². The van der Waals surface area contributed by atoms with Gasteiger partial charge in [0.1, 0.15) is 0 Å². The van der Waals surface area contributed by atoms with Gasteiger partial charge in [0.05, 0.1) is 0 Å². The highest BCUT2D eigenvalue weighted by Gasteiger charge is 2.17. The third kappa shape index (κ3) is 4.77. The van der Waals surface area contributed by atoms with E-state index < -0.39 is 0 Å². The summed E-state index contributed by atoms with van der Waals surface area (Å²) in [6.07, 6.45) is 3.89. The lowest BCUT2D eigenvalue weighted by atomic mass is 9.85. The second-order valence-corrected chi connectivity index (χ2v) is 10.9. The minimum atomic E-state index is 1.07. The molecule has 0 amide bonds. The first-order valence-corrected chi connectivity index (χ1v) is 15.0. The molecule has 7 aromatic carbocycles. The summed E-state index contributed by atoms with van der Waals surface area (Å²) in [5, 5.41) is 7.23. The van der Waals surface area contributed by atoms with Crippen LogP contribution in [0.25, 0.3) is 44.8 Å². The van der Waals surface area contributed by atoms with Crippen LogP contribution in [0.5, 0.6) is 0 Å². The van der Waals surface area contributed by atoms with Gasteiger partial charge in [-0.15, -0.1) is 0 Å². The van der Waals surface area contributed by atoms with Gasteiger partial charge in [0.25, 0.3) is 0 Å². The number of hydrogen-bond donors (Lipinski definition) is 0. The molecular formula is C44H32. The number of fused-ring (bicyclic) bond motifs is 2. The average Bonchev–Trinajstić information content (AvgIpc) is 3.10. The summed E-state index contributed by atoms with van der Waals surface area (Å²) in [5.41, 5.74) is 9.28. The molecule has 7 rings (SSSR count). The molecule has 0 bridgehead atoms. The molecule has 0 saturated heterocycles. The maximum Gasteiger partial charge on any atom is -0.00141 e. The highest BCUT2D eigenvalue weighted by atomic mass is 14.2. The van der Waals surface area contributed by atoms with Crippen LogP contribution in [0.3, 0.4) is 0 Å². The van der Waals surface area contributed by atoms with E-state index in [9.17, 15) is 0 Å². The number of benzene rings is 7. The molecule has 0 nitrogen and oxygen atoms in total. The Morgan fingerprint density at radius 3 is 0.886 bits per heavy atom. The minimum Gasteiger partial charge on any atom is -0.0984 e. The standard InChI is InChI=1S/C44H32/c1-3-31-29-39-40(30-32(31)4-2)44(42(35-23-13-7-14-24-35)36-25-15-8-16-26-36)38-28-18-17-27-37(38)43(39)41(33-19-9-5-10-20-33)34-21-11-6-12-22-34/h3-30H,1-2H2. The first-order chi connectivity index (χ1) is 21.8. The Hall–Kier alpha value is -5.72. The first kappa shape index (κ1) is 27.1. The van der Waals surface area contributed by atoms with Crippen molar-refractivity contribution in [3.8, 4) is 0 Å². The zero-order valence-electron chi connectivity index (χ0n) is 24.6. The van der Waals surface area contributed by atoms with Gasteiger partial charge in [-0.2, -0.15) is 0 Å². The van der Waals surface area contributed by atoms with Gasteiger partial charge in [0.2, 0.25) is 0 Å². The second kappa shape index (κ2) is 11.9. The van der Waals surface area contributed by atoms with Crippen molar-refractivity contribution in [3.63, 3.8) is 0 Å². The van der Waals surface area contributed by atoms with Crippen LogP contribution >= 0.6 is 0 Å². The molecule has 0 fully saturated rings. The molecule has 0 aliphatic rings. The molecule has 44 heavy (non-hydrogen) atoms. The zero-order chi connectivity index (χ0) is 29.9. The van der Waals surface area contributed by atoms with Crippen LogP contribution in [0, 0.1) is 0 Å². The minimum absolute atomic E-state index is 1.07. The van der Waals surface area contributed by atoms with Gasteiger partial charge in [-0.1, -0.05) is 171 Å². The molecule has 0 heteroatoms. The van der Waals surface area contributed by atoms with Crippen LogP contribution in [0.2, 0.25) is 0 Å². The van der Waals surface area contributed by atoms with E-state index >= 15 is 0 Å². The molecule has 7 aromatic rings. The summed E-state index contributed by atoms with van der Waals surface area (Å²) in [5.74, 6) is 0. The zero-order valence-corrected chi connectivity index (χ0v) is 24.6. The SMILES string of the molecule is C=Cc1cc2c(=C(c3ccccc3)c3ccccc3)c3ccccc3c(=C(c3ccccc3)c3ccccc3)c2cc1C=C. The largest absolute Gasteiger partial charge is 0.0984 e. The lowest BCUT2D eigenvalue weighted by Gasteiger charge is -2.18. The first-order valence-electron chi connectivity index (χ1n) is 15.0. The molecule has 0 heterocycles. The Morgan fingerprint density at radius 1 is 0.341 bits per heavy atom. The van der Waals surface area contributed by atoms with Gasteiger partial charge in [-0.25, -0.2) is 0 Å². The van der Waals surface area contributed by atoms with Crippen molar-refractivity contribution < 1.29 is 0 Å². The van der Waals surface area contributed by atoms with Crippen molar-refractivity contribution in [3.05, 3.63) is 215 Å². The quantitative estimate of drug-likeness (QED) is 0.178. The summed E-state index contributed by atoms with van der Waals surface area (Å²) in [4.78, 5) is 0. The molecule has 0 unspecified atom stereocenters. The normalized spacial score (nSPS) is 10.9. The van der Waals surface area contributed by atoms with Gasteiger partial charge in [0, 0.05) is 0 Å². The Balaban J connectivity index is 1.87. The van der Waals surface area contributed by atoms with Crippen LogP contribution in [0.1, 0.15) is 33.4 Å². The molecule has 0 spiro atoms. The molecule has 0 N–H and O–H groups in total. The average molecular weight is 561 g/mol. The van der Waals surface area contributed by atoms with E-state index in [1.165, 1.54) is 65.4 Å². The Kier molecular flexibility index (Phi) is 7.32. The van der Waals surface area contributed by atoms with E-state index in [1.807, 2.05) is 12.2 Å². The molecule has 0 atom stereocenters. The van der Waals surface area contributed by atoms with Crippen LogP contribution in [0.15, 0.2) is 171 Å². The molecule has 208 valence electrons. The molecule has 0 saturated carbocycles. The number of rotatable bonds is 6. The van der Waals surface area contributed by atoms with E-state index in [1.54, 1.807) is 0 Å². The highest BCUT2D eigenvalue weighted by Crippen LogP contribution is 2.29. The third-order valence-corrected chi connectivity index (χ3v) is 8.42. The fourth-order valence-corrected chi connectivity index (χ4v) is 6.48. The van der Waals surface area contributed by atoms with Crippen LogP contribution < -0.4 is 10.4 Å². The summed E-state index contributed by atoms with van der Waals surface area (Å²) in [6, 6.07) is 56.6. The van der Waals surface area contributed by atoms with Crippen molar-refractivity contribution >= 4 is 44.8 Å². The Labute approximate surface area is 258 Å². The van der Waals surface area contributed by atoms with Crippen molar-refractivity contribution in [2.45, 2.75) is 0 Å². The monoisotopic (exact) mass is 560 g/mol. The van der Waals surface area contributed by atoms with Crippen molar-refractivity contribution in [2.24, 2.45) is 0 Å². The van der Waals surface area contributed by atoms with E-state index in [0.29, 0.717) is 0 Å². The summed E-state index contributed by atoms with van der Waals surface area (Å²) in [7, 11) is 0. The van der Waals surface area contributed by atoms with Crippen molar-refractivity contribution in [1.29, 1.82) is 0 Å². The van der Waals surface area contributed by atoms with Crippen LogP contribution in [-0.4, -0.2) is 0 Å².